The molecule has 1 saturated heterocycles. The van der Waals surface area contributed by atoms with Crippen LogP contribution in [0.15, 0.2) is 11.1 Å². The Morgan fingerprint density at radius 3 is 2.94 bits per heavy atom. The van der Waals surface area contributed by atoms with Gasteiger partial charge in [0.15, 0.2) is 5.17 Å². The van der Waals surface area contributed by atoms with Crippen molar-refractivity contribution in [2.45, 2.75) is 39.8 Å². The highest BCUT2D eigenvalue weighted by Gasteiger charge is 2.12. The first-order chi connectivity index (χ1) is 7.65. The molecule has 2 rings (SSSR count). The minimum Gasteiger partial charge on any atom is -0.362 e. The molecule has 0 radical (unpaired) electrons. The second-order valence-electron chi connectivity index (χ2n) is 4.26. The summed E-state index contributed by atoms with van der Waals surface area (Å²) in [5, 5.41) is 4.54. The molecule has 1 aliphatic heterocycles. The smallest absolute Gasteiger partial charge is 0.157 e. The molecule has 0 aliphatic carbocycles. The van der Waals surface area contributed by atoms with E-state index < -0.39 is 0 Å². The third-order valence-electron chi connectivity index (χ3n) is 2.76. The number of aliphatic imine (C=N–C) groups is 1. The fourth-order valence-corrected chi connectivity index (χ4v) is 3.71. The van der Waals surface area contributed by atoms with E-state index in [1.165, 1.54) is 27.5 Å². The normalized spacial score (nSPS) is 23.4. The standard InChI is InChI=1S/C12H18N2S2/c1-8-6-11(16-10(8)3)7-13-12-14-9(2)4-5-15-12/h6,9H,4-5,7H2,1-3H3,(H,13,14). The van der Waals surface area contributed by atoms with Gasteiger partial charge in [-0.05, 0) is 38.8 Å². The molecule has 1 aromatic rings. The number of thiophene rings is 1. The van der Waals surface area contributed by atoms with Crippen molar-refractivity contribution < 1.29 is 0 Å². The highest BCUT2D eigenvalue weighted by Crippen LogP contribution is 2.22. The van der Waals surface area contributed by atoms with Gasteiger partial charge in [0.25, 0.3) is 0 Å². The van der Waals surface area contributed by atoms with Crippen LogP contribution >= 0.6 is 23.1 Å². The zero-order valence-corrected chi connectivity index (χ0v) is 11.7. The first-order valence-corrected chi connectivity index (χ1v) is 7.45. The van der Waals surface area contributed by atoms with Crippen molar-refractivity contribution in [1.29, 1.82) is 0 Å². The molecule has 88 valence electrons. The Bertz CT molecular complexity index is 376. The molecule has 1 N–H and O–H groups in total. The second kappa shape index (κ2) is 5.23. The highest BCUT2D eigenvalue weighted by molar-refractivity contribution is 8.13. The minimum absolute atomic E-state index is 0.576. The van der Waals surface area contributed by atoms with E-state index >= 15 is 0 Å². The average molecular weight is 254 g/mol. The molecule has 1 aromatic heterocycles. The summed E-state index contributed by atoms with van der Waals surface area (Å²) in [6.07, 6.45) is 1.24. The van der Waals surface area contributed by atoms with Gasteiger partial charge in [-0.3, -0.25) is 4.99 Å². The van der Waals surface area contributed by atoms with E-state index in [4.69, 9.17) is 0 Å². The molecule has 1 fully saturated rings. The van der Waals surface area contributed by atoms with Crippen LogP contribution in [0.2, 0.25) is 0 Å². The Morgan fingerprint density at radius 1 is 1.50 bits per heavy atom. The van der Waals surface area contributed by atoms with Crippen molar-refractivity contribution in [3.63, 3.8) is 0 Å². The summed E-state index contributed by atoms with van der Waals surface area (Å²) < 4.78 is 0. The van der Waals surface area contributed by atoms with Crippen molar-refractivity contribution in [2.75, 3.05) is 5.75 Å². The maximum absolute atomic E-state index is 4.64. The van der Waals surface area contributed by atoms with Gasteiger partial charge in [0.1, 0.15) is 0 Å². The van der Waals surface area contributed by atoms with Crippen LogP contribution in [0, 0.1) is 13.8 Å². The fourth-order valence-electron chi connectivity index (χ4n) is 1.63. The highest BCUT2D eigenvalue weighted by atomic mass is 32.2. The molecule has 0 amide bonds. The lowest BCUT2D eigenvalue weighted by Crippen LogP contribution is -2.35. The van der Waals surface area contributed by atoms with E-state index in [9.17, 15) is 0 Å². The van der Waals surface area contributed by atoms with Crippen molar-refractivity contribution in [3.8, 4) is 0 Å². The third kappa shape index (κ3) is 3.01. The lowest BCUT2D eigenvalue weighted by Gasteiger charge is -2.21. The van der Waals surface area contributed by atoms with Crippen LogP contribution < -0.4 is 5.32 Å². The Hall–Kier alpha value is -0.480. The molecule has 1 aliphatic rings. The largest absolute Gasteiger partial charge is 0.362 e. The summed E-state index contributed by atoms with van der Waals surface area (Å²) in [6, 6.07) is 2.83. The predicted octanol–water partition coefficient (Wildman–Crippen LogP) is 3.34. The molecule has 1 unspecified atom stereocenters. The van der Waals surface area contributed by atoms with Gasteiger partial charge in [-0.15, -0.1) is 11.3 Å². The van der Waals surface area contributed by atoms with Crippen LogP contribution in [0.4, 0.5) is 0 Å². The third-order valence-corrected chi connectivity index (χ3v) is 4.85. The predicted molar refractivity (Wildman–Crippen MR) is 74.6 cm³/mol. The van der Waals surface area contributed by atoms with Crippen LogP contribution in [0.3, 0.4) is 0 Å². The summed E-state index contributed by atoms with van der Waals surface area (Å²) in [6.45, 7) is 7.38. The van der Waals surface area contributed by atoms with E-state index in [-0.39, 0.29) is 0 Å². The average Bonchev–Trinajstić information content (AvgIpc) is 2.56. The minimum atomic E-state index is 0.576. The van der Waals surface area contributed by atoms with E-state index in [2.05, 4.69) is 37.1 Å². The van der Waals surface area contributed by atoms with Gasteiger partial charge in [0.05, 0.1) is 6.54 Å². The molecule has 0 saturated carbocycles. The van der Waals surface area contributed by atoms with Crippen molar-refractivity contribution in [1.82, 2.24) is 5.32 Å². The Kier molecular flexibility index (Phi) is 3.92. The molecule has 0 spiro atoms. The zero-order valence-electron chi connectivity index (χ0n) is 10.0. The molecular weight excluding hydrogens is 236 g/mol. The van der Waals surface area contributed by atoms with Crippen LogP contribution in [-0.2, 0) is 6.54 Å². The van der Waals surface area contributed by atoms with Crippen molar-refractivity contribution in [3.05, 3.63) is 21.4 Å². The maximum atomic E-state index is 4.64. The van der Waals surface area contributed by atoms with Gasteiger partial charge in [0, 0.05) is 21.5 Å². The molecule has 2 heterocycles. The lowest BCUT2D eigenvalue weighted by molar-refractivity contribution is 0.642. The monoisotopic (exact) mass is 254 g/mol. The first kappa shape index (κ1) is 12.0. The Morgan fingerprint density at radius 2 is 2.31 bits per heavy atom. The molecule has 1 atom stereocenters. The summed E-state index contributed by atoms with van der Waals surface area (Å²) in [7, 11) is 0. The van der Waals surface area contributed by atoms with Crippen molar-refractivity contribution in [2.24, 2.45) is 4.99 Å². The number of nitrogens with zero attached hydrogens (tertiary/aromatic N) is 1. The van der Waals surface area contributed by atoms with E-state index in [1.54, 1.807) is 0 Å². The van der Waals surface area contributed by atoms with E-state index in [0.717, 1.165) is 11.7 Å². The molecule has 0 bridgehead atoms. The number of amidine groups is 1. The molecule has 16 heavy (non-hydrogen) atoms. The topological polar surface area (TPSA) is 24.4 Å². The number of aryl methyl sites for hydroxylation is 2. The van der Waals surface area contributed by atoms with Gasteiger partial charge in [-0.25, -0.2) is 0 Å². The SMILES string of the molecule is Cc1cc(CN=C2NC(C)CCS2)sc1C. The molecular formula is C12H18N2S2. The van der Waals surface area contributed by atoms with Gasteiger partial charge < -0.3 is 5.32 Å². The molecule has 2 nitrogen and oxygen atoms in total. The summed E-state index contributed by atoms with van der Waals surface area (Å²) >= 11 is 3.70. The van der Waals surface area contributed by atoms with Crippen molar-refractivity contribution >= 4 is 28.3 Å². The zero-order chi connectivity index (χ0) is 11.5. The summed E-state index contributed by atoms with van der Waals surface area (Å²) in [4.78, 5) is 7.41. The van der Waals surface area contributed by atoms with Crippen LogP contribution in [0.1, 0.15) is 28.7 Å². The fraction of sp³-hybridized carbons (Fsp3) is 0.583. The summed E-state index contributed by atoms with van der Waals surface area (Å²) in [5.41, 5.74) is 1.39. The van der Waals surface area contributed by atoms with Crippen LogP contribution in [0.5, 0.6) is 0 Å². The van der Waals surface area contributed by atoms with Gasteiger partial charge in [-0.2, -0.15) is 0 Å². The number of nitrogens with one attached hydrogen (secondary N) is 1. The second-order valence-corrected chi connectivity index (χ2v) is 6.68. The summed E-state index contributed by atoms with van der Waals surface area (Å²) in [5.74, 6) is 1.19. The lowest BCUT2D eigenvalue weighted by atomic mass is 10.3. The number of hydrogen-bond donors (Lipinski definition) is 1. The van der Waals surface area contributed by atoms with Gasteiger partial charge >= 0.3 is 0 Å². The molecule has 0 aromatic carbocycles. The molecule has 4 heteroatoms. The van der Waals surface area contributed by atoms with Gasteiger partial charge in [0.2, 0.25) is 0 Å². The number of hydrogen-bond acceptors (Lipinski definition) is 3. The Labute approximate surface area is 106 Å². The van der Waals surface area contributed by atoms with E-state index in [1.807, 2.05) is 23.1 Å². The maximum Gasteiger partial charge on any atom is 0.157 e. The number of rotatable bonds is 2. The van der Waals surface area contributed by atoms with E-state index in [0.29, 0.717) is 6.04 Å². The van der Waals surface area contributed by atoms with Gasteiger partial charge in [-0.1, -0.05) is 11.8 Å². The number of thioether (sulfide) groups is 1. The van der Waals surface area contributed by atoms with Crippen LogP contribution in [0.25, 0.3) is 0 Å². The van der Waals surface area contributed by atoms with Crippen LogP contribution in [-0.4, -0.2) is 17.0 Å². The quantitative estimate of drug-likeness (QED) is 0.875. The first-order valence-electron chi connectivity index (χ1n) is 5.65. The Balaban J connectivity index is 1.97.